The van der Waals surface area contributed by atoms with E-state index in [9.17, 15) is 8.42 Å². The second-order valence-corrected chi connectivity index (χ2v) is 9.23. The Kier molecular flexibility index (Phi) is 6.31. The van der Waals surface area contributed by atoms with E-state index in [1.165, 1.54) is 10.5 Å². The van der Waals surface area contributed by atoms with Crippen molar-refractivity contribution in [2.45, 2.75) is 30.7 Å². The van der Waals surface area contributed by atoms with Crippen molar-refractivity contribution in [1.29, 1.82) is 0 Å². The number of para-hydroxylation sites is 1. The summed E-state index contributed by atoms with van der Waals surface area (Å²) in [6, 6.07) is 14.4. The van der Waals surface area contributed by atoms with Crippen LogP contribution in [0.1, 0.15) is 19.8 Å². The lowest BCUT2D eigenvalue weighted by atomic mass is 10.1. The summed E-state index contributed by atoms with van der Waals surface area (Å²) in [7, 11) is -3.68. The highest BCUT2D eigenvalue weighted by molar-refractivity contribution is 7.92. The molecule has 0 amide bonds. The number of benzene rings is 1. The topological polar surface area (TPSA) is 91.3 Å². The quantitative estimate of drug-likeness (QED) is 0.606. The van der Waals surface area contributed by atoms with Gasteiger partial charge in [-0.2, -0.15) is 0 Å². The fourth-order valence-corrected chi connectivity index (χ4v) is 5.19. The summed E-state index contributed by atoms with van der Waals surface area (Å²) < 4.78 is 27.6. The molecule has 0 spiro atoms. The van der Waals surface area contributed by atoms with Crippen LogP contribution in [-0.2, 0) is 10.0 Å². The zero-order chi connectivity index (χ0) is 21.7. The number of rotatable bonds is 7. The first-order chi connectivity index (χ1) is 15.1. The second kappa shape index (κ2) is 9.30. The van der Waals surface area contributed by atoms with Crippen LogP contribution >= 0.6 is 0 Å². The minimum Gasteiger partial charge on any atom is -0.366 e. The number of hydrogen-bond acceptors (Lipinski definition) is 7. The van der Waals surface area contributed by atoms with E-state index in [0.717, 1.165) is 31.9 Å². The third-order valence-electron chi connectivity index (χ3n) is 5.26. The molecule has 162 valence electrons. The van der Waals surface area contributed by atoms with Crippen LogP contribution in [-0.4, -0.2) is 49.0 Å². The highest BCUT2D eigenvalue weighted by atomic mass is 32.2. The molecule has 4 rings (SSSR count). The molecule has 1 aromatic carbocycles. The standard InChI is InChI=1S/C22H26N6O2S/c1-2-28(19-9-4-3-5-10-19)31(29,30)20-11-12-21(25-16-20)26-18-8-6-15-27(17-18)22-23-13-7-14-24-22/h3-5,7,9-14,16,18H,2,6,8,15,17H2,1H3,(H,25,26)/t18-/m0/s1. The first-order valence-electron chi connectivity index (χ1n) is 10.4. The van der Waals surface area contributed by atoms with Gasteiger partial charge in [0.25, 0.3) is 10.0 Å². The molecule has 1 aliphatic heterocycles. The molecular formula is C22H26N6O2S. The molecule has 9 heteroatoms. The first kappa shape index (κ1) is 21.0. The summed E-state index contributed by atoms with van der Waals surface area (Å²) in [5.74, 6) is 1.38. The molecule has 0 unspecified atom stereocenters. The Balaban J connectivity index is 1.45. The van der Waals surface area contributed by atoms with Crippen LogP contribution in [0.3, 0.4) is 0 Å². The van der Waals surface area contributed by atoms with Gasteiger partial charge in [-0.15, -0.1) is 0 Å². The van der Waals surface area contributed by atoms with E-state index in [-0.39, 0.29) is 10.9 Å². The molecule has 0 saturated carbocycles. The number of sulfonamides is 1. The van der Waals surface area contributed by atoms with Crippen molar-refractivity contribution in [2.75, 3.05) is 34.2 Å². The van der Waals surface area contributed by atoms with Gasteiger partial charge < -0.3 is 10.2 Å². The lowest BCUT2D eigenvalue weighted by Gasteiger charge is -2.33. The number of hydrogen-bond donors (Lipinski definition) is 1. The fraction of sp³-hybridized carbons (Fsp3) is 0.318. The molecule has 1 atom stereocenters. The monoisotopic (exact) mass is 438 g/mol. The summed E-state index contributed by atoms with van der Waals surface area (Å²) in [6.07, 6.45) is 6.93. The molecule has 3 aromatic rings. The van der Waals surface area contributed by atoms with E-state index in [4.69, 9.17) is 0 Å². The number of nitrogens with zero attached hydrogens (tertiary/aromatic N) is 5. The van der Waals surface area contributed by atoms with Gasteiger partial charge >= 0.3 is 0 Å². The highest BCUT2D eigenvalue weighted by Gasteiger charge is 2.25. The predicted octanol–water partition coefficient (Wildman–Crippen LogP) is 3.17. The van der Waals surface area contributed by atoms with Crippen molar-refractivity contribution in [3.8, 4) is 0 Å². The predicted molar refractivity (Wildman–Crippen MR) is 122 cm³/mol. The number of aromatic nitrogens is 3. The Morgan fingerprint density at radius 1 is 1.06 bits per heavy atom. The van der Waals surface area contributed by atoms with Crippen LogP contribution < -0.4 is 14.5 Å². The van der Waals surface area contributed by atoms with Crippen molar-refractivity contribution < 1.29 is 8.42 Å². The smallest absolute Gasteiger partial charge is 0.265 e. The third kappa shape index (κ3) is 4.77. The van der Waals surface area contributed by atoms with E-state index in [0.29, 0.717) is 18.1 Å². The van der Waals surface area contributed by atoms with Gasteiger partial charge in [0.2, 0.25) is 5.95 Å². The number of anilines is 3. The average molecular weight is 439 g/mol. The van der Waals surface area contributed by atoms with Gasteiger partial charge in [-0.25, -0.2) is 23.4 Å². The first-order valence-corrected chi connectivity index (χ1v) is 11.8. The van der Waals surface area contributed by atoms with Crippen molar-refractivity contribution in [1.82, 2.24) is 15.0 Å². The molecule has 1 N–H and O–H groups in total. The summed E-state index contributed by atoms with van der Waals surface area (Å²) in [5.41, 5.74) is 0.637. The van der Waals surface area contributed by atoms with Crippen molar-refractivity contribution in [2.24, 2.45) is 0 Å². The molecule has 0 bridgehead atoms. The van der Waals surface area contributed by atoms with E-state index in [1.54, 1.807) is 42.7 Å². The highest BCUT2D eigenvalue weighted by Crippen LogP contribution is 2.24. The van der Waals surface area contributed by atoms with Crippen molar-refractivity contribution >= 4 is 27.5 Å². The Bertz CT molecular complexity index is 1080. The van der Waals surface area contributed by atoms with Crippen LogP contribution in [0.15, 0.2) is 72.0 Å². The van der Waals surface area contributed by atoms with Gasteiger partial charge in [0.15, 0.2) is 0 Å². The van der Waals surface area contributed by atoms with Crippen LogP contribution in [0.2, 0.25) is 0 Å². The normalized spacial score (nSPS) is 16.7. The average Bonchev–Trinajstić information content (AvgIpc) is 2.81. The minimum atomic E-state index is -3.68. The Labute approximate surface area is 183 Å². The lowest BCUT2D eigenvalue weighted by Crippen LogP contribution is -2.43. The van der Waals surface area contributed by atoms with E-state index < -0.39 is 10.0 Å². The minimum absolute atomic E-state index is 0.173. The van der Waals surface area contributed by atoms with E-state index in [2.05, 4.69) is 25.2 Å². The van der Waals surface area contributed by atoms with E-state index >= 15 is 0 Å². The molecular weight excluding hydrogens is 412 g/mol. The van der Waals surface area contributed by atoms with Crippen molar-refractivity contribution in [3.63, 3.8) is 0 Å². The SMILES string of the molecule is CCN(c1ccccc1)S(=O)(=O)c1ccc(N[C@H]2CCCN(c3ncccn3)C2)nc1. The van der Waals surface area contributed by atoms with Gasteiger partial charge in [-0.3, -0.25) is 4.31 Å². The molecule has 31 heavy (non-hydrogen) atoms. The number of piperidine rings is 1. The Hall–Kier alpha value is -3.20. The third-order valence-corrected chi connectivity index (χ3v) is 7.15. The van der Waals surface area contributed by atoms with Gasteiger partial charge in [0.05, 0.1) is 5.69 Å². The summed E-state index contributed by atoms with van der Waals surface area (Å²) in [5, 5.41) is 3.42. The van der Waals surface area contributed by atoms with Crippen LogP contribution in [0.25, 0.3) is 0 Å². The molecule has 0 radical (unpaired) electrons. The Morgan fingerprint density at radius 2 is 1.84 bits per heavy atom. The maximum Gasteiger partial charge on any atom is 0.265 e. The molecule has 1 fully saturated rings. The summed E-state index contributed by atoms with van der Waals surface area (Å²) in [6.45, 7) is 3.84. The van der Waals surface area contributed by atoms with Crippen LogP contribution in [0.4, 0.5) is 17.5 Å². The van der Waals surface area contributed by atoms with Gasteiger partial charge in [-0.1, -0.05) is 18.2 Å². The van der Waals surface area contributed by atoms with Crippen LogP contribution in [0.5, 0.6) is 0 Å². The molecule has 2 aromatic heterocycles. The molecule has 3 heterocycles. The molecule has 1 aliphatic rings. The maximum atomic E-state index is 13.1. The van der Waals surface area contributed by atoms with Gasteiger partial charge in [0, 0.05) is 44.3 Å². The zero-order valence-electron chi connectivity index (χ0n) is 17.4. The van der Waals surface area contributed by atoms with E-state index in [1.807, 2.05) is 25.1 Å². The van der Waals surface area contributed by atoms with Gasteiger partial charge in [-0.05, 0) is 50.1 Å². The zero-order valence-corrected chi connectivity index (χ0v) is 18.2. The van der Waals surface area contributed by atoms with Gasteiger partial charge in [0.1, 0.15) is 10.7 Å². The molecule has 8 nitrogen and oxygen atoms in total. The fourth-order valence-electron chi connectivity index (χ4n) is 3.77. The summed E-state index contributed by atoms with van der Waals surface area (Å²) >= 11 is 0. The summed E-state index contributed by atoms with van der Waals surface area (Å²) in [4.78, 5) is 15.4. The maximum absolute atomic E-state index is 13.1. The number of pyridine rings is 1. The molecule has 0 aliphatic carbocycles. The Morgan fingerprint density at radius 3 is 2.52 bits per heavy atom. The molecule has 1 saturated heterocycles. The largest absolute Gasteiger partial charge is 0.366 e. The second-order valence-electron chi connectivity index (χ2n) is 7.36. The van der Waals surface area contributed by atoms with Crippen molar-refractivity contribution in [3.05, 3.63) is 67.1 Å². The lowest BCUT2D eigenvalue weighted by molar-refractivity contribution is 0.521. The van der Waals surface area contributed by atoms with Crippen LogP contribution in [0, 0.1) is 0 Å². The number of nitrogens with one attached hydrogen (secondary N) is 1.